The third-order valence-electron chi connectivity index (χ3n) is 9.97. The summed E-state index contributed by atoms with van der Waals surface area (Å²) in [6.45, 7) is 1.96. The zero-order valence-corrected chi connectivity index (χ0v) is 26.9. The molecule has 2 aromatic rings. The zero-order valence-electron chi connectivity index (χ0n) is 23.8. The van der Waals surface area contributed by atoms with E-state index in [2.05, 4.69) is 36.8 Å². The van der Waals surface area contributed by atoms with Crippen LogP contribution < -0.4 is 0 Å². The first-order valence-electron chi connectivity index (χ1n) is 15.2. The second-order valence-corrected chi connectivity index (χ2v) is 14.5. The summed E-state index contributed by atoms with van der Waals surface area (Å²) < 4.78 is 29.2. The van der Waals surface area contributed by atoms with E-state index in [0.717, 1.165) is 45.2 Å². The van der Waals surface area contributed by atoms with E-state index in [9.17, 15) is 28.6 Å². The first kappa shape index (κ1) is 31.9. The maximum absolute atomic E-state index is 14.0. The summed E-state index contributed by atoms with van der Waals surface area (Å²) in [6.07, 6.45) is 10.1. The molecule has 2 aliphatic carbocycles. The molecule has 2 N–H and O–H groups in total. The molecule has 0 aromatic heterocycles. The topological polar surface area (TPSA) is 77.8 Å². The monoisotopic (exact) mass is 709 g/mol. The molecule has 5 nitrogen and oxygen atoms in total. The predicted octanol–water partition coefficient (Wildman–Crippen LogP) is 7.64. The van der Waals surface area contributed by atoms with Gasteiger partial charge in [-0.2, -0.15) is 0 Å². The lowest BCUT2D eigenvalue weighted by atomic mass is 9.83. The number of carbonyl (C=O) groups excluding carboxylic acids is 2. The van der Waals surface area contributed by atoms with Gasteiger partial charge in [0.25, 0.3) is 0 Å². The molecule has 2 heterocycles. The number of halogens is 4. The second kappa shape index (κ2) is 13.2. The number of Topliss-reactive ketones (excluding diaryl/α,β-unsaturated/α-hetero) is 2. The molecule has 2 aromatic carbocycles. The van der Waals surface area contributed by atoms with E-state index in [1.54, 1.807) is 12.1 Å². The zero-order chi connectivity index (χ0) is 30.1. The van der Waals surface area contributed by atoms with Gasteiger partial charge in [-0.1, -0.05) is 51.1 Å². The normalized spacial score (nSPS) is 31.2. The molecule has 4 aliphatic rings. The quantitative estimate of drug-likeness (QED) is 0.319. The molecule has 0 amide bonds. The fraction of sp³-hybridized carbons (Fsp3) is 0.576. The van der Waals surface area contributed by atoms with Crippen LogP contribution in [0.2, 0.25) is 0 Å². The predicted molar refractivity (Wildman–Crippen MR) is 165 cm³/mol. The van der Waals surface area contributed by atoms with Crippen molar-refractivity contribution in [1.82, 2.24) is 4.90 Å². The highest BCUT2D eigenvalue weighted by Crippen LogP contribution is 2.44. The highest BCUT2D eigenvalue weighted by Gasteiger charge is 2.44. The first-order chi connectivity index (χ1) is 20.0. The van der Waals surface area contributed by atoms with Crippen molar-refractivity contribution in [1.29, 1.82) is 0 Å². The average Bonchev–Trinajstić information content (AvgIpc) is 3.54. The van der Waals surface area contributed by atoms with Crippen LogP contribution in [0.3, 0.4) is 0 Å². The molecule has 2 saturated heterocycles. The second-order valence-electron chi connectivity index (χ2n) is 12.6. The minimum atomic E-state index is -1.44. The molecule has 4 atom stereocenters. The van der Waals surface area contributed by atoms with E-state index in [1.807, 2.05) is 0 Å². The van der Waals surface area contributed by atoms with Crippen molar-refractivity contribution in [2.45, 2.75) is 94.3 Å². The van der Waals surface area contributed by atoms with E-state index in [0.29, 0.717) is 46.5 Å². The smallest absolute Gasteiger partial charge is 0.197 e. The van der Waals surface area contributed by atoms with Crippen LogP contribution in [0.4, 0.5) is 8.78 Å². The number of fused-ring (bicyclic) bond motifs is 2. The minimum Gasteiger partial charge on any atom is -0.382 e. The first-order valence-corrected chi connectivity index (χ1v) is 16.8. The van der Waals surface area contributed by atoms with E-state index in [4.69, 9.17) is 0 Å². The number of nitrogens with zero attached hydrogens (tertiary/aromatic N) is 1. The Balaban J connectivity index is 0.000000168. The van der Waals surface area contributed by atoms with Crippen molar-refractivity contribution in [3.05, 3.63) is 68.1 Å². The Morgan fingerprint density at radius 2 is 1.24 bits per heavy atom. The van der Waals surface area contributed by atoms with E-state index in [-0.39, 0.29) is 17.2 Å². The van der Waals surface area contributed by atoms with Crippen molar-refractivity contribution in [2.24, 2.45) is 11.8 Å². The fourth-order valence-corrected chi connectivity index (χ4v) is 8.33. The summed E-state index contributed by atoms with van der Waals surface area (Å²) in [5, 5.41) is 21.7. The summed E-state index contributed by atoms with van der Waals surface area (Å²) >= 11 is 6.52. The van der Waals surface area contributed by atoms with Gasteiger partial charge in [0.2, 0.25) is 0 Å². The summed E-state index contributed by atoms with van der Waals surface area (Å²) in [7, 11) is 0. The molecule has 0 radical (unpaired) electrons. The van der Waals surface area contributed by atoms with Crippen LogP contribution in [0.1, 0.15) is 97.8 Å². The standard InChI is InChI=1S/C17H20BrFO2.C16H19BrFNO2/c18-13-4-5-15(19)14(10-13)16(20)17(21)8-6-11-2-1-3-12(11)7-9-17;17-11-4-5-14(18)13(9-11)15(20)16(21)6-2-8-19-7-1-3-12(19)10-16/h4-5,10-12,21H,1-3,6-9H2;4-5,9,12,21H,1-3,6-8,10H2. The molecule has 0 bridgehead atoms. The molecule has 0 spiro atoms. The van der Waals surface area contributed by atoms with Crippen LogP contribution in [0.25, 0.3) is 0 Å². The lowest BCUT2D eigenvalue weighted by Crippen LogP contribution is -2.42. The molecule has 9 heteroatoms. The lowest BCUT2D eigenvalue weighted by molar-refractivity contribution is 0.0181. The Hall–Kier alpha value is -1.52. The average molecular weight is 711 g/mol. The van der Waals surface area contributed by atoms with Gasteiger partial charge in [0.1, 0.15) is 22.8 Å². The maximum atomic E-state index is 14.0. The minimum absolute atomic E-state index is 0.000987. The van der Waals surface area contributed by atoms with Crippen LogP contribution >= 0.6 is 31.9 Å². The van der Waals surface area contributed by atoms with Crippen LogP contribution in [-0.4, -0.2) is 57.0 Å². The van der Waals surface area contributed by atoms with Gasteiger partial charge in [-0.05, 0) is 119 Å². The third-order valence-corrected chi connectivity index (χ3v) is 11.0. The van der Waals surface area contributed by atoms with Crippen molar-refractivity contribution in [3.63, 3.8) is 0 Å². The molecule has 4 fully saturated rings. The highest BCUT2D eigenvalue weighted by atomic mass is 79.9. The van der Waals surface area contributed by atoms with Crippen LogP contribution in [0, 0.1) is 23.5 Å². The van der Waals surface area contributed by atoms with Crippen molar-refractivity contribution in [3.8, 4) is 0 Å². The Morgan fingerprint density at radius 1 is 0.714 bits per heavy atom. The van der Waals surface area contributed by atoms with Gasteiger partial charge >= 0.3 is 0 Å². The van der Waals surface area contributed by atoms with Gasteiger partial charge in [0.05, 0.1) is 11.1 Å². The van der Waals surface area contributed by atoms with Gasteiger partial charge in [-0.3, -0.25) is 9.59 Å². The van der Waals surface area contributed by atoms with Crippen molar-refractivity contribution >= 4 is 43.4 Å². The fourth-order valence-electron chi connectivity index (χ4n) is 7.61. The Labute approximate surface area is 263 Å². The summed E-state index contributed by atoms with van der Waals surface area (Å²) in [5.74, 6) is -0.778. The Bertz CT molecular complexity index is 1310. The number of benzene rings is 2. The number of aliphatic hydroxyl groups is 2. The number of carbonyl (C=O) groups is 2. The SMILES string of the molecule is O=C(c1cc(Br)ccc1F)C1(O)CCC2CCCC2CC1.O=C(c1cc(Br)ccc1F)C1(O)CCCN2CCCC2C1. The van der Waals surface area contributed by atoms with E-state index >= 15 is 0 Å². The lowest BCUT2D eigenvalue weighted by Gasteiger charge is -2.29. The third kappa shape index (κ3) is 6.90. The van der Waals surface area contributed by atoms with Crippen molar-refractivity contribution < 1.29 is 28.6 Å². The summed E-state index contributed by atoms with van der Waals surface area (Å²) in [5.41, 5.74) is -2.85. The van der Waals surface area contributed by atoms with Gasteiger partial charge in [-0.25, -0.2) is 8.78 Å². The van der Waals surface area contributed by atoms with Gasteiger partial charge in [-0.15, -0.1) is 0 Å². The molecule has 6 rings (SSSR count). The van der Waals surface area contributed by atoms with Crippen LogP contribution in [0.5, 0.6) is 0 Å². The molecule has 4 unspecified atom stereocenters. The number of hydrogen-bond donors (Lipinski definition) is 2. The molecule has 228 valence electrons. The van der Waals surface area contributed by atoms with E-state index < -0.39 is 34.4 Å². The molecule has 42 heavy (non-hydrogen) atoms. The van der Waals surface area contributed by atoms with Crippen LogP contribution in [0.15, 0.2) is 45.3 Å². The maximum Gasteiger partial charge on any atom is 0.197 e. The van der Waals surface area contributed by atoms with Gasteiger partial charge in [0.15, 0.2) is 11.6 Å². The number of ketones is 2. The molecular formula is C33H39Br2F2NO4. The summed E-state index contributed by atoms with van der Waals surface area (Å²) in [4.78, 5) is 27.7. The van der Waals surface area contributed by atoms with Crippen LogP contribution in [-0.2, 0) is 0 Å². The van der Waals surface area contributed by atoms with Gasteiger partial charge < -0.3 is 15.1 Å². The number of hydrogen-bond acceptors (Lipinski definition) is 5. The number of rotatable bonds is 4. The molecular weight excluding hydrogens is 672 g/mol. The van der Waals surface area contributed by atoms with Gasteiger partial charge in [0, 0.05) is 15.0 Å². The van der Waals surface area contributed by atoms with E-state index in [1.165, 1.54) is 43.5 Å². The summed E-state index contributed by atoms with van der Waals surface area (Å²) in [6, 6.07) is 8.84. The Morgan fingerprint density at radius 3 is 1.81 bits per heavy atom. The molecule has 2 saturated carbocycles. The molecule has 2 aliphatic heterocycles. The van der Waals surface area contributed by atoms with Crippen molar-refractivity contribution in [2.75, 3.05) is 13.1 Å². The highest BCUT2D eigenvalue weighted by molar-refractivity contribution is 9.10. The Kier molecular flexibility index (Phi) is 10.0. The largest absolute Gasteiger partial charge is 0.382 e.